The SMILES string of the molecule is O=C(Nc1cccs1)N1CC(c2nc(-c3ccsc3)no2)C1. The Labute approximate surface area is 134 Å². The van der Waals surface area contributed by atoms with Crippen molar-refractivity contribution in [3.05, 3.63) is 40.2 Å². The largest absolute Gasteiger partial charge is 0.339 e. The lowest BCUT2D eigenvalue weighted by Crippen LogP contribution is -2.50. The lowest BCUT2D eigenvalue weighted by atomic mass is 10.0. The van der Waals surface area contributed by atoms with E-state index >= 15 is 0 Å². The summed E-state index contributed by atoms with van der Waals surface area (Å²) in [4.78, 5) is 18.2. The minimum absolute atomic E-state index is 0.0868. The quantitative estimate of drug-likeness (QED) is 0.797. The fourth-order valence-corrected chi connectivity index (χ4v) is 3.49. The molecule has 4 rings (SSSR count). The molecule has 0 unspecified atom stereocenters. The van der Waals surface area contributed by atoms with Crippen LogP contribution in [0.15, 0.2) is 38.9 Å². The summed E-state index contributed by atoms with van der Waals surface area (Å²) in [5.74, 6) is 1.33. The van der Waals surface area contributed by atoms with Crippen LogP contribution < -0.4 is 5.32 Å². The molecule has 0 atom stereocenters. The molecule has 1 N–H and O–H groups in total. The van der Waals surface area contributed by atoms with Gasteiger partial charge in [0.15, 0.2) is 0 Å². The van der Waals surface area contributed by atoms with Gasteiger partial charge in [-0.1, -0.05) is 5.16 Å². The highest BCUT2D eigenvalue weighted by atomic mass is 32.1. The van der Waals surface area contributed by atoms with E-state index in [2.05, 4.69) is 15.5 Å². The van der Waals surface area contributed by atoms with Crippen molar-refractivity contribution >= 4 is 33.7 Å². The van der Waals surface area contributed by atoms with Crippen molar-refractivity contribution < 1.29 is 9.32 Å². The molecule has 8 heteroatoms. The number of anilines is 1. The summed E-state index contributed by atoms with van der Waals surface area (Å²) < 4.78 is 5.31. The fourth-order valence-electron chi connectivity index (χ4n) is 2.24. The first-order chi connectivity index (χ1) is 10.8. The first-order valence-corrected chi connectivity index (χ1v) is 8.57. The van der Waals surface area contributed by atoms with Gasteiger partial charge in [0.25, 0.3) is 0 Å². The second-order valence-electron chi connectivity index (χ2n) is 4.98. The van der Waals surface area contributed by atoms with E-state index in [1.807, 2.05) is 34.3 Å². The maximum atomic E-state index is 12.0. The summed E-state index contributed by atoms with van der Waals surface area (Å²) >= 11 is 3.10. The highest BCUT2D eigenvalue weighted by Crippen LogP contribution is 2.29. The molecule has 3 aromatic rings. The van der Waals surface area contributed by atoms with Crippen LogP contribution in [0.4, 0.5) is 9.80 Å². The first-order valence-electron chi connectivity index (χ1n) is 6.75. The van der Waals surface area contributed by atoms with E-state index in [9.17, 15) is 4.79 Å². The van der Waals surface area contributed by atoms with Crippen LogP contribution in [0.2, 0.25) is 0 Å². The van der Waals surface area contributed by atoms with Gasteiger partial charge in [-0.25, -0.2) is 4.79 Å². The summed E-state index contributed by atoms with van der Waals surface area (Å²) in [7, 11) is 0. The average Bonchev–Trinajstić information content (AvgIpc) is 3.19. The number of nitrogens with zero attached hydrogens (tertiary/aromatic N) is 3. The molecule has 0 aromatic carbocycles. The zero-order valence-electron chi connectivity index (χ0n) is 11.4. The Morgan fingerprint density at radius 1 is 1.36 bits per heavy atom. The van der Waals surface area contributed by atoms with Crippen molar-refractivity contribution in [3.8, 4) is 11.4 Å². The molecular formula is C14H12N4O2S2. The lowest BCUT2D eigenvalue weighted by molar-refractivity contribution is 0.148. The van der Waals surface area contributed by atoms with Crippen molar-refractivity contribution in [2.24, 2.45) is 0 Å². The highest BCUT2D eigenvalue weighted by Gasteiger charge is 2.35. The molecule has 1 saturated heterocycles. The van der Waals surface area contributed by atoms with Gasteiger partial charge in [0.05, 0.1) is 10.9 Å². The number of carbonyl (C=O) groups excluding carboxylic acids is 1. The summed E-state index contributed by atoms with van der Waals surface area (Å²) in [6.07, 6.45) is 0. The minimum atomic E-state index is -0.0868. The number of likely N-dealkylation sites (tertiary alicyclic amines) is 1. The topological polar surface area (TPSA) is 71.3 Å². The Morgan fingerprint density at radius 2 is 2.27 bits per heavy atom. The van der Waals surface area contributed by atoms with E-state index in [1.54, 1.807) is 16.2 Å². The Morgan fingerprint density at radius 3 is 3.00 bits per heavy atom. The lowest BCUT2D eigenvalue weighted by Gasteiger charge is -2.36. The maximum absolute atomic E-state index is 12.0. The van der Waals surface area contributed by atoms with Crippen LogP contribution in [-0.2, 0) is 0 Å². The van der Waals surface area contributed by atoms with Crippen molar-refractivity contribution in [3.63, 3.8) is 0 Å². The predicted molar refractivity (Wildman–Crippen MR) is 85.3 cm³/mol. The van der Waals surface area contributed by atoms with Crippen LogP contribution in [0, 0.1) is 0 Å². The summed E-state index contributed by atoms with van der Waals surface area (Å²) in [5, 5.41) is 13.6. The Bertz CT molecular complexity index is 761. The zero-order valence-corrected chi connectivity index (χ0v) is 13.1. The molecule has 1 aliphatic heterocycles. The molecule has 0 saturated carbocycles. The van der Waals surface area contributed by atoms with Crippen LogP contribution in [0.5, 0.6) is 0 Å². The van der Waals surface area contributed by atoms with Crippen LogP contribution in [0.3, 0.4) is 0 Å². The van der Waals surface area contributed by atoms with Crippen molar-refractivity contribution in [1.29, 1.82) is 0 Å². The highest BCUT2D eigenvalue weighted by molar-refractivity contribution is 7.14. The molecule has 4 heterocycles. The maximum Gasteiger partial charge on any atom is 0.322 e. The van der Waals surface area contributed by atoms with E-state index in [1.165, 1.54) is 11.3 Å². The van der Waals surface area contributed by atoms with Crippen molar-refractivity contribution in [2.45, 2.75) is 5.92 Å². The molecule has 0 radical (unpaired) electrons. The first kappa shape index (κ1) is 13.5. The van der Waals surface area contributed by atoms with Gasteiger partial charge in [-0.3, -0.25) is 5.32 Å². The number of carbonyl (C=O) groups is 1. The summed E-state index contributed by atoms with van der Waals surface area (Å²) in [6, 6.07) is 5.66. The molecule has 1 fully saturated rings. The van der Waals surface area contributed by atoms with Gasteiger partial charge in [-0.15, -0.1) is 11.3 Å². The van der Waals surface area contributed by atoms with Crippen LogP contribution in [-0.4, -0.2) is 34.2 Å². The van der Waals surface area contributed by atoms with E-state index < -0.39 is 0 Å². The molecule has 0 spiro atoms. The third-order valence-corrected chi connectivity index (χ3v) is 4.96. The molecule has 6 nitrogen and oxygen atoms in total. The molecule has 112 valence electrons. The van der Waals surface area contributed by atoms with E-state index in [0.717, 1.165) is 10.6 Å². The molecule has 2 amide bonds. The number of nitrogens with one attached hydrogen (secondary N) is 1. The zero-order chi connectivity index (χ0) is 14.9. The smallest absolute Gasteiger partial charge is 0.322 e. The molecule has 22 heavy (non-hydrogen) atoms. The molecule has 0 bridgehead atoms. The average molecular weight is 332 g/mol. The molecular weight excluding hydrogens is 320 g/mol. The van der Waals surface area contributed by atoms with Crippen LogP contribution in [0.25, 0.3) is 11.4 Å². The Hall–Kier alpha value is -2.19. The minimum Gasteiger partial charge on any atom is -0.339 e. The normalized spacial score (nSPS) is 14.8. The second-order valence-corrected chi connectivity index (χ2v) is 6.71. The summed E-state index contributed by atoms with van der Waals surface area (Å²) in [5.41, 5.74) is 0.964. The van der Waals surface area contributed by atoms with Gasteiger partial charge < -0.3 is 9.42 Å². The van der Waals surface area contributed by atoms with Crippen LogP contribution in [0.1, 0.15) is 11.8 Å². The van der Waals surface area contributed by atoms with E-state index in [4.69, 9.17) is 4.52 Å². The van der Waals surface area contributed by atoms with Crippen LogP contribution >= 0.6 is 22.7 Å². The fraction of sp³-hybridized carbons (Fsp3) is 0.214. The molecule has 3 aromatic heterocycles. The van der Waals surface area contributed by atoms with Gasteiger partial charge >= 0.3 is 6.03 Å². The number of rotatable bonds is 3. The van der Waals surface area contributed by atoms with E-state index in [0.29, 0.717) is 24.8 Å². The van der Waals surface area contributed by atoms with Gasteiger partial charge in [0.2, 0.25) is 11.7 Å². The monoisotopic (exact) mass is 332 g/mol. The van der Waals surface area contributed by atoms with Crippen molar-refractivity contribution in [2.75, 3.05) is 18.4 Å². The number of aromatic nitrogens is 2. The van der Waals surface area contributed by atoms with Crippen molar-refractivity contribution in [1.82, 2.24) is 15.0 Å². The van der Waals surface area contributed by atoms with E-state index in [-0.39, 0.29) is 11.9 Å². The van der Waals surface area contributed by atoms with Gasteiger partial charge in [-0.2, -0.15) is 16.3 Å². The Kier molecular flexibility index (Phi) is 3.39. The number of urea groups is 1. The number of amides is 2. The second kappa shape index (κ2) is 5.54. The molecule has 0 aliphatic carbocycles. The Balaban J connectivity index is 1.36. The summed E-state index contributed by atoms with van der Waals surface area (Å²) in [6.45, 7) is 1.20. The third kappa shape index (κ3) is 2.51. The van der Waals surface area contributed by atoms with Gasteiger partial charge in [0.1, 0.15) is 0 Å². The van der Waals surface area contributed by atoms with Gasteiger partial charge in [0, 0.05) is 24.0 Å². The number of hydrogen-bond acceptors (Lipinski definition) is 6. The standard InChI is InChI=1S/C14H12N4O2S2/c19-14(15-11-2-1-4-22-11)18-6-10(7-18)13-16-12(17-20-13)9-3-5-21-8-9/h1-5,8,10H,6-7H2,(H,15,19). The third-order valence-electron chi connectivity index (χ3n) is 3.49. The number of hydrogen-bond donors (Lipinski definition) is 1. The molecule has 1 aliphatic rings. The number of thiophene rings is 2. The van der Waals surface area contributed by atoms with Gasteiger partial charge in [-0.05, 0) is 29.0 Å². The predicted octanol–water partition coefficient (Wildman–Crippen LogP) is 3.49.